The Bertz CT molecular complexity index is 406. The SMILES string of the molecule is CCC(CC)Oc1cc(N(C=O)C=O)ccc1C. The molecule has 4 heteroatoms. The Labute approximate surface area is 108 Å². The van der Waals surface area contributed by atoms with Crippen LogP contribution in [0.5, 0.6) is 5.75 Å². The number of amides is 2. The number of imide groups is 1. The van der Waals surface area contributed by atoms with E-state index in [0.717, 1.165) is 29.1 Å². The maximum absolute atomic E-state index is 10.7. The largest absolute Gasteiger partial charge is 0.490 e. The van der Waals surface area contributed by atoms with Crippen molar-refractivity contribution in [3.05, 3.63) is 23.8 Å². The lowest BCUT2D eigenvalue weighted by molar-refractivity contribution is -0.113. The maximum atomic E-state index is 10.7. The summed E-state index contributed by atoms with van der Waals surface area (Å²) in [6.07, 6.45) is 2.97. The van der Waals surface area contributed by atoms with E-state index in [1.54, 1.807) is 12.1 Å². The van der Waals surface area contributed by atoms with Crippen molar-refractivity contribution in [2.75, 3.05) is 4.90 Å². The second-order valence-corrected chi connectivity index (χ2v) is 4.12. The Morgan fingerprint density at radius 1 is 1.22 bits per heavy atom. The summed E-state index contributed by atoms with van der Waals surface area (Å²) in [7, 11) is 0. The first-order valence-corrected chi connectivity index (χ1v) is 6.12. The first-order chi connectivity index (χ1) is 8.65. The average molecular weight is 249 g/mol. The number of nitrogens with zero attached hydrogens (tertiary/aromatic N) is 1. The molecule has 1 aromatic rings. The zero-order chi connectivity index (χ0) is 13.5. The van der Waals surface area contributed by atoms with E-state index in [0.29, 0.717) is 18.5 Å². The molecule has 1 rings (SSSR count). The topological polar surface area (TPSA) is 46.6 Å². The maximum Gasteiger partial charge on any atom is 0.220 e. The third-order valence-corrected chi connectivity index (χ3v) is 2.90. The molecule has 0 aliphatic heterocycles. The third kappa shape index (κ3) is 3.32. The molecule has 0 aliphatic carbocycles. The molecule has 0 radical (unpaired) electrons. The number of hydrogen-bond donors (Lipinski definition) is 0. The smallest absolute Gasteiger partial charge is 0.220 e. The first kappa shape index (κ1) is 14.2. The van der Waals surface area contributed by atoms with Crippen LogP contribution in [0.3, 0.4) is 0 Å². The molecule has 0 spiro atoms. The predicted molar refractivity (Wildman–Crippen MR) is 70.8 cm³/mol. The molecule has 0 atom stereocenters. The van der Waals surface area contributed by atoms with E-state index in [2.05, 4.69) is 13.8 Å². The number of aryl methyl sites for hydroxylation is 1. The van der Waals surface area contributed by atoms with Gasteiger partial charge in [-0.15, -0.1) is 0 Å². The molecule has 4 nitrogen and oxygen atoms in total. The van der Waals surface area contributed by atoms with Gasteiger partial charge in [-0.1, -0.05) is 19.9 Å². The Morgan fingerprint density at radius 3 is 2.33 bits per heavy atom. The van der Waals surface area contributed by atoms with Gasteiger partial charge >= 0.3 is 0 Å². The lowest BCUT2D eigenvalue weighted by Gasteiger charge is -2.19. The molecule has 0 unspecified atom stereocenters. The minimum atomic E-state index is 0.153. The lowest BCUT2D eigenvalue weighted by Crippen LogP contribution is -2.19. The Morgan fingerprint density at radius 2 is 1.83 bits per heavy atom. The van der Waals surface area contributed by atoms with Gasteiger partial charge in [0.25, 0.3) is 0 Å². The number of hydrogen-bond acceptors (Lipinski definition) is 3. The van der Waals surface area contributed by atoms with Crippen molar-refractivity contribution in [3.63, 3.8) is 0 Å². The first-order valence-electron chi connectivity index (χ1n) is 6.12. The minimum Gasteiger partial charge on any atom is -0.490 e. The highest BCUT2D eigenvalue weighted by molar-refractivity contribution is 5.95. The standard InChI is InChI=1S/C14H19NO3/c1-4-13(5-2)18-14-8-12(7-6-11(14)3)15(9-16)10-17/h6-10,13H,4-5H2,1-3H3. The van der Waals surface area contributed by atoms with Crippen LogP contribution in [0.15, 0.2) is 18.2 Å². The molecular formula is C14H19NO3. The van der Waals surface area contributed by atoms with Crippen LogP contribution in [0, 0.1) is 6.92 Å². The number of ether oxygens (including phenoxy) is 1. The quantitative estimate of drug-likeness (QED) is 0.698. The van der Waals surface area contributed by atoms with Crippen LogP contribution in [0.1, 0.15) is 32.3 Å². The highest BCUT2D eigenvalue weighted by Crippen LogP contribution is 2.26. The van der Waals surface area contributed by atoms with Gasteiger partial charge in [-0.05, 0) is 31.4 Å². The summed E-state index contributed by atoms with van der Waals surface area (Å²) < 4.78 is 5.86. The highest BCUT2D eigenvalue weighted by atomic mass is 16.5. The zero-order valence-corrected chi connectivity index (χ0v) is 11.1. The lowest BCUT2D eigenvalue weighted by atomic mass is 10.1. The third-order valence-electron chi connectivity index (χ3n) is 2.90. The molecular weight excluding hydrogens is 230 g/mol. The Kier molecular flexibility index (Phi) is 5.36. The van der Waals surface area contributed by atoms with Gasteiger partial charge in [-0.3, -0.25) is 14.5 Å². The second-order valence-electron chi connectivity index (χ2n) is 4.12. The summed E-state index contributed by atoms with van der Waals surface area (Å²) in [5.41, 5.74) is 1.51. The summed E-state index contributed by atoms with van der Waals surface area (Å²) >= 11 is 0. The number of carbonyl (C=O) groups excluding carboxylic acids is 2. The van der Waals surface area contributed by atoms with Crippen LogP contribution in [0.2, 0.25) is 0 Å². The van der Waals surface area contributed by atoms with Gasteiger partial charge in [0.2, 0.25) is 12.8 Å². The van der Waals surface area contributed by atoms with Crippen molar-refractivity contribution >= 4 is 18.5 Å². The van der Waals surface area contributed by atoms with Crippen molar-refractivity contribution in [3.8, 4) is 5.75 Å². The van der Waals surface area contributed by atoms with Crippen LogP contribution in [0.25, 0.3) is 0 Å². The van der Waals surface area contributed by atoms with Crippen LogP contribution >= 0.6 is 0 Å². The van der Waals surface area contributed by atoms with Crippen molar-refractivity contribution < 1.29 is 14.3 Å². The van der Waals surface area contributed by atoms with E-state index in [-0.39, 0.29) is 6.10 Å². The number of carbonyl (C=O) groups is 2. The molecule has 98 valence electrons. The molecule has 0 saturated carbocycles. The molecule has 0 N–H and O–H groups in total. The summed E-state index contributed by atoms with van der Waals surface area (Å²) in [4.78, 5) is 22.4. The predicted octanol–water partition coefficient (Wildman–Crippen LogP) is 2.68. The molecule has 0 heterocycles. The number of rotatable bonds is 7. The van der Waals surface area contributed by atoms with E-state index in [1.807, 2.05) is 13.0 Å². The van der Waals surface area contributed by atoms with Gasteiger partial charge in [0.15, 0.2) is 0 Å². The number of benzene rings is 1. The summed E-state index contributed by atoms with van der Waals surface area (Å²) in [6, 6.07) is 5.28. The fourth-order valence-electron chi connectivity index (χ4n) is 1.66. The average Bonchev–Trinajstić information content (AvgIpc) is 2.40. The van der Waals surface area contributed by atoms with Gasteiger partial charge in [0.1, 0.15) is 5.75 Å². The molecule has 2 amide bonds. The fraction of sp³-hybridized carbons (Fsp3) is 0.429. The van der Waals surface area contributed by atoms with Gasteiger partial charge in [0.05, 0.1) is 11.8 Å². The van der Waals surface area contributed by atoms with Crippen molar-refractivity contribution in [1.82, 2.24) is 0 Å². The van der Waals surface area contributed by atoms with E-state index in [9.17, 15) is 9.59 Å². The second kappa shape index (κ2) is 6.79. The zero-order valence-electron chi connectivity index (χ0n) is 11.1. The normalized spacial score (nSPS) is 10.2. The van der Waals surface area contributed by atoms with Gasteiger partial charge in [-0.2, -0.15) is 0 Å². The Hall–Kier alpha value is -1.84. The monoisotopic (exact) mass is 249 g/mol. The summed E-state index contributed by atoms with van der Waals surface area (Å²) in [5.74, 6) is 0.718. The van der Waals surface area contributed by atoms with Gasteiger partial charge in [-0.25, -0.2) is 0 Å². The van der Waals surface area contributed by atoms with Gasteiger partial charge in [0, 0.05) is 6.07 Å². The van der Waals surface area contributed by atoms with Crippen molar-refractivity contribution in [2.24, 2.45) is 0 Å². The van der Waals surface area contributed by atoms with Crippen molar-refractivity contribution in [1.29, 1.82) is 0 Å². The van der Waals surface area contributed by atoms with E-state index in [4.69, 9.17) is 4.74 Å². The number of anilines is 1. The molecule has 0 fully saturated rings. The van der Waals surface area contributed by atoms with Crippen LogP contribution in [0.4, 0.5) is 5.69 Å². The molecule has 0 aliphatic rings. The van der Waals surface area contributed by atoms with Crippen molar-refractivity contribution in [2.45, 2.75) is 39.7 Å². The minimum absolute atomic E-state index is 0.153. The van der Waals surface area contributed by atoms with Crippen LogP contribution < -0.4 is 9.64 Å². The Balaban J connectivity index is 3.00. The molecule has 1 aromatic carbocycles. The fourth-order valence-corrected chi connectivity index (χ4v) is 1.66. The molecule has 0 aromatic heterocycles. The van der Waals surface area contributed by atoms with E-state index < -0.39 is 0 Å². The summed E-state index contributed by atoms with van der Waals surface area (Å²) in [6.45, 7) is 6.07. The van der Waals surface area contributed by atoms with Crippen LogP contribution in [-0.2, 0) is 9.59 Å². The van der Waals surface area contributed by atoms with Gasteiger partial charge < -0.3 is 4.74 Å². The van der Waals surface area contributed by atoms with E-state index >= 15 is 0 Å². The molecule has 0 bridgehead atoms. The molecule has 18 heavy (non-hydrogen) atoms. The molecule has 0 saturated heterocycles. The van der Waals surface area contributed by atoms with Crippen LogP contribution in [-0.4, -0.2) is 18.9 Å². The summed E-state index contributed by atoms with van der Waals surface area (Å²) in [5, 5.41) is 0. The highest BCUT2D eigenvalue weighted by Gasteiger charge is 2.11. The van der Waals surface area contributed by atoms with E-state index in [1.165, 1.54) is 0 Å².